The summed E-state index contributed by atoms with van der Waals surface area (Å²) in [5, 5.41) is 4.36. The van der Waals surface area contributed by atoms with Gasteiger partial charge in [0.25, 0.3) is 0 Å². The molecular formula is C12H24N2SSi. The third kappa shape index (κ3) is 2.54. The van der Waals surface area contributed by atoms with Crippen molar-refractivity contribution in [2.75, 3.05) is 0 Å². The van der Waals surface area contributed by atoms with Gasteiger partial charge in [-0.2, -0.15) is 5.10 Å². The standard InChI is InChI=1S/C12H24N2SSi/c1-10(2)16(11(3)4,12(5)6)15-14-9-7-8-13-14/h7-12H,1-6H3. The van der Waals surface area contributed by atoms with Crippen LogP contribution in [-0.2, 0) is 0 Å². The fraction of sp³-hybridized carbons (Fsp3) is 0.750. The van der Waals surface area contributed by atoms with Crippen LogP contribution in [0.2, 0.25) is 16.6 Å². The number of hydrogen-bond acceptors (Lipinski definition) is 2. The van der Waals surface area contributed by atoms with E-state index in [1.807, 2.05) is 23.7 Å². The van der Waals surface area contributed by atoms with Crippen LogP contribution in [0.15, 0.2) is 18.5 Å². The largest absolute Gasteiger partial charge is 0.220 e. The molecule has 1 aromatic heterocycles. The van der Waals surface area contributed by atoms with Crippen LogP contribution in [0.1, 0.15) is 41.5 Å². The van der Waals surface area contributed by atoms with Crippen molar-refractivity contribution in [1.29, 1.82) is 0 Å². The van der Waals surface area contributed by atoms with Crippen molar-refractivity contribution in [2.24, 2.45) is 0 Å². The fourth-order valence-corrected chi connectivity index (χ4v) is 11.2. The average Bonchev–Trinajstić information content (AvgIpc) is 2.64. The molecule has 1 rings (SSSR count). The predicted molar refractivity (Wildman–Crippen MR) is 76.3 cm³/mol. The van der Waals surface area contributed by atoms with Gasteiger partial charge < -0.3 is 0 Å². The highest BCUT2D eigenvalue weighted by molar-refractivity contribution is 8.28. The first-order valence-corrected chi connectivity index (χ1v) is 9.83. The van der Waals surface area contributed by atoms with Gasteiger partial charge in [-0.05, 0) is 22.7 Å². The fourth-order valence-electron chi connectivity index (χ4n) is 2.79. The van der Waals surface area contributed by atoms with E-state index in [0.29, 0.717) is 0 Å². The molecule has 0 unspecified atom stereocenters. The summed E-state index contributed by atoms with van der Waals surface area (Å²) < 4.78 is 2.06. The number of rotatable bonds is 5. The Labute approximate surface area is 105 Å². The van der Waals surface area contributed by atoms with E-state index >= 15 is 0 Å². The van der Waals surface area contributed by atoms with Crippen molar-refractivity contribution in [1.82, 2.24) is 9.19 Å². The van der Waals surface area contributed by atoms with Crippen LogP contribution in [0.5, 0.6) is 0 Å². The Bertz CT molecular complexity index is 285. The average molecular weight is 256 g/mol. The smallest absolute Gasteiger partial charge is 0.154 e. The topological polar surface area (TPSA) is 17.8 Å². The Morgan fingerprint density at radius 1 is 1.00 bits per heavy atom. The van der Waals surface area contributed by atoms with Crippen molar-refractivity contribution in [3.8, 4) is 0 Å². The molecular weight excluding hydrogens is 232 g/mol. The molecule has 0 radical (unpaired) electrons. The van der Waals surface area contributed by atoms with Gasteiger partial charge in [0.05, 0.1) is 0 Å². The maximum atomic E-state index is 4.36. The molecule has 0 saturated carbocycles. The normalized spacial score (nSPS) is 13.1. The lowest BCUT2D eigenvalue weighted by Gasteiger charge is -2.41. The van der Waals surface area contributed by atoms with E-state index in [-0.39, 0.29) is 0 Å². The second-order valence-corrected chi connectivity index (χ2v) is 13.7. The van der Waals surface area contributed by atoms with E-state index in [1.54, 1.807) is 0 Å². The van der Waals surface area contributed by atoms with Gasteiger partial charge in [-0.1, -0.05) is 52.9 Å². The van der Waals surface area contributed by atoms with Crippen molar-refractivity contribution in [2.45, 2.75) is 58.2 Å². The van der Waals surface area contributed by atoms with Gasteiger partial charge >= 0.3 is 0 Å². The SMILES string of the molecule is CC(C)[Si](Sn1cccn1)(C(C)C)C(C)C. The van der Waals surface area contributed by atoms with Gasteiger partial charge in [0.15, 0.2) is 7.22 Å². The number of aromatic nitrogens is 2. The van der Waals surface area contributed by atoms with Gasteiger partial charge in [-0.3, -0.25) is 0 Å². The van der Waals surface area contributed by atoms with E-state index < -0.39 is 7.22 Å². The third-order valence-electron chi connectivity index (χ3n) is 3.44. The Morgan fingerprint density at radius 2 is 1.50 bits per heavy atom. The van der Waals surface area contributed by atoms with E-state index in [4.69, 9.17) is 0 Å². The Kier molecular flexibility index (Phi) is 4.68. The first kappa shape index (κ1) is 13.8. The molecule has 0 aliphatic heterocycles. The van der Waals surface area contributed by atoms with Crippen molar-refractivity contribution >= 4 is 18.6 Å². The molecule has 1 aromatic rings. The van der Waals surface area contributed by atoms with E-state index in [9.17, 15) is 0 Å². The van der Waals surface area contributed by atoms with E-state index in [0.717, 1.165) is 16.6 Å². The second kappa shape index (κ2) is 5.41. The summed E-state index contributed by atoms with van der Waals surface area (Å²) in [7, 11) is -1.42. The van der Waals surface area contributed by atoms with Crippen LogP contribution in [-0.4, -0.2) is 16.4 Å². The quantitative estimate of drug-likeness (QED) is 0.719. The van der Waals surface area contributed by atoms with Gasteiger partial charge in [0, 0.05) is 12.4 Å². The first-order chi connectivity index (χ1) is 7.41. The molecule has 0 fully saturated rings. The highest BCUT2D eigenvalue weighted by Crippen LogP contribution is 2.49. The minimum absolute atomic E-state index is 0.765. The zero-order chi connectivity index (χ0) is 12.3. The summed E-state index contributed by atoms with van der Waals surface area (Å²) in [6.07, 6.45) is 3.94. The lowest BCUT2D eigenvalue weighted by Crippen LogP contribution is -2.42. The summed E-state index contributed by atoms with van der Waals surface area (Å²) >= 11 is 2.01. The molecule has 0 N–H and O–H groups in total. The third-order valence-corrected chi connectivity index (χ3v) is 15.3. The molecule has 0 aliphatic rings. The van der Waals surface area contributed by atoms with Crippen LogP contribution < -0.4 is 0 Å². The highest BCUT2D eigenvalue weighted by Gasteiger charge is 2.45. The van der Waals surface area contributed by atoms with Gasteiger partial charge in [0.1, 0.15) is 0 Å². The molecule has 0 spiro atoms. The van der Waals surface area contributed by atoms with Crippen LogP contribution in [0.25, 0.3) is 0 Å². The van der Waals surface area contributed by atoms with E-state index in [1.165, 1.54) is 0 Å². The summed E-state index contributed by atoms with van der Waals surface area (Å²) in [4.78, 5) is 0. The molecule has 0 atom stereocenters. The van der Waals surface area contributed by atoms with Crippen LogP contribution >= 0.6 is 11.4 Å². The molecule has 92 valence electrons. The van der Waals surface area contributed by atoms with Crippen LogP contribution in [0, 0.1) is 0 Å². The van der Waals surface area contributed by atoms with Gasteiger partial charge in [-0.15, -0.1) is 0 Å². The minimum atomic E-state index is -1.42. The first-order valence-electron chi connectivity index (χ1n) is 6.10. The minimum Gasteiger partial charge on any atom is -0.220 e. The maximum Gasteiger partial charge on any atom is 0.154 e. The molecule has 1 heterocycles. The van der Waals surface area contributed by atoms with Gasteiger partial charge in [-0.25, -0.2) is 4.09 Å². The second-order valence-electron chi connectivity index (χ2n) is 5.32. The number of nitrogens with zero attached hydrogens (tertiary/aromatic N) is 2. The summed E-state index contributed by atoms with van der Waals surface area (Å²) in [5.41, 5.74) is 2.30. The monoisotopic (exact) mass is 256 g/mol. The Hall–Kier alpha value is -0.223. The summed E-state index contributed by atoms with van der Waals surface area (Å²) in [6, 6.07) is 2.01. The molecule has 0 amide bonds. The maximum absolute atomic E-state index is 4.36. The van der Waals surface area contributed by atoms with Crippen molar-refractivity contribution in [3.05, 3.63) is 18.5 Å². The summed E-state index contributed by atoms with van der Waals surface area (Å²) in [5.74, 6) is 0. The lowest BCUT2D eigenvalue weighted by molar-refractivity contribution is 0.848. The lowest BCUT2D eigenvalue weighted by atomic mass is 10.5. The Balaban J connectivity index is 3.02. The number of hydrogen-bond donors (Lipinski definition) is 0. The molecule has 4 heteroatoms. The van der Waals surface area contributed by atoms with Crippen LogP contribution in [0.3, 0.4) is 0 Å². The van der Waals surface area contributed by atoms with Crippen LogP contribution in [0.4, 0.5) is 0 Å². The highest BCUT2D eigenvalue weighted by atomic mass is 32.4. The molecule has 2 nitrogen and oxygen atoms in total. The zero-order valence-electron chi connectivity index (χ0n) is 11.3. The van der Waals surface area contributed by atoms with Gasteiger partial charge in [0.2, 0.25) is 0 Å². The van der Waals surface area contributed by atoms with Crippen molar-refractivity contribution in [3.63, 3.8) is 0 Å². The van der Waals surface area contributed by atoms with Crippen molar-refractivity contribution < 1.29 is 0 Å². The Morgan fingerprint density at radius 3 is 1.81 bits per heavy atom. The zero-order valence-corrected chi connectivity index (χ0v) is 13.1. The summed E-state index contributed by atoms with van der Waals surface area (Å²) in [6.45, 7) is 14.3. The predicted octanol–water partition coefficient (Wildman–Crippen LogP) is 4.55. The molecule has 16 heavy (non-hydrogen) atoms. The molecule has 0 aliphatic carbocycles. The molecule has 0 aromatic carbocycles. The molecule has 0 saturated heterocycles. The van der Waals surface area contributed by atoms with E-state index in [2.05, 4.69) is 56.9 Å². The molecule has 0 bridgehead atoms.